The van der Waals surface area contributed by atoms with Crippen LogP contribution in [0.4, 0.5) is 4.39 Å². The third-order valence-electron chi connectivity index (χ3n) is 6.00. The van der Waals surface area contributed by atoms with E-state index in [2.05, 4.69) is 10.1 Å². The lowest BCUT2D eigenvalue weighted by atomic mass is 10.1. The van der Waals surface area contributed by atoms with Crippen LogP contribution < -0.4 is 0 Å². The molecule has 1 aliphatic heterocycles. The second kappa shape index (κ2) is 8.34. The van der Waals surface area contributed by atoms with E-state index in [0.717, 1.165) is 30.2 Å². The van der Waals surface area contributed by atoms with Crippen LogP contribution in [0.25, 0.3) is 28.0 Å². The second-order valence-corrected chi connectivity index (χ2v) is 8.44. The molecule has 7 nitrogen and oxygen atoms in total. The summed E-state index contributed by atoms with van der Waals surface area (Å²) in [7, 11) is 1.85. The topological polar surface area (TPSA) is 79.7 Å². The highest BCUT2D eigenvalue weighted by atomic mass is 35.5. The van der Waals surface area contributed by atoms with Crippen LogP contribution in [0.5, 0.6) is 0 Å². The molecule has 0 radical (unpaired) electrons. The number of piperidine rings is 1. The van der Waals surface area contributed by atoms with Crippen LogP contribution in [-0.4, -0.2) is 43.2 Å². The van der Waals surface area contributed by atoms with Gasteiger partial charge in [0.25, 0.3) is 5.91 Å². The van der Waals surface area contributed by atoms with Crippen LogP contribution in [-0.2, 0) is 7.05 Å². The Morgan fingerprint density at radius 2 is 1.94 bits per heavy atom. The Morgan fingerprint density at radius 1 is 1.15 bits per heavy atom. The molecule has 0 N–H and O–H groups in total. The van der Waals surface area contributed by atoms with Gasteiger partial charge >= 0.3 is 0 Å². The van der Waals surface area contributed by atoms with Gasteiger partial charge in [0.05, 0.1) is 17.3 Å². The third kappa shape index (κ3) is 3.64. The number of nitrogens with zero attached hydrogens (tertiary/aromatic N) is 6. The van der Waals surface area contributed by atoms with E-state index in [-0.39, 0.29) is 22.3 Å². The summed E-state index contributed by atoms with van der Waals surface area (Å²) < 4.78 is 17.9. The summed E-state index contributed by atoms with van der Waals surface area (Å²) >= 11 is 6.77. The average molecular weight is 463 g/mol. The zero-order valence-electron chi connectivity index (χ0n) is 17.9. The molecule has 3 heterocycles. The Kier molecular flexibility index (Phi) is 5.35. The molecule has 0 atom stereocenters. The summed E-state index contributed by atoms with van der Waals surface area (Å²) in [5.74, 6) is -0.574. The molecule has 0 aliphatic carbocycles. The van der Waals surface area contributed by atoms with Gasteiger partial charge in [0, 0.05) is 36.8 Å². The van der Waals surface area contributed by atoms with E-state index < -0.39 is 5.82 Å². The first-order valence-electron chi connectivity index (χ1n) is 10.7. The minimum atomic E-state index is -0.660. The molecule has 2 aromatic carbocycles. The number of nitriles is 1. The van der Waals surface area contributed by atoms with Gasteiger partial charge in [0.2, 0.25) is 0 Å². The molecule has 0 bridgehead atoms. The molecule has 2 aromatic heterocycles. The summed E-state index contributed by atoms with van der Waals surface area (Å²) in [4.78, 5) is 19.6. The highest BCUT2D eigenvalue weighted by Gasteiger charge is 2.28. The van der Waals surface area contributed by atoms with Crippen molar-refractivity contribution < 1.29 is 9.18 Å². The summed E-state index contributed by atoms with van der Waals surface area (Å²) in [6, 6.07) is 11.7. The van der Waals surface area contributed by atoms with E-state index in [9.17, 15) is 9.18 Å². The van der Waals surface area contributed by atoms with Crippen LogP contribution in [0.15, 0.2) is 42.6 Å². The highest BCUT2D eigenvalue weighted by molar-refractivity contribution is 6.33. The molecule has 0 unspecified atom stereocenters. The Bertz CT molecular complexity index is 1430. The van der Waals surface area contributed by atoms with Crippen molar-refractivity contribution in [2.24, 2.45) is 7.05 Å². The Morgan fingerprint density at radius 3 is 2.67 bits per heavy atom. The van der Waals surface area contributed by atoms with Crippen LogP contribution in [0.2, 0.25) is 5.15 Å². The van der Waals surface area contributed by atoms with Crippen molar-refractivity contribution in [1.29, 1.82) is 5.26 Å². The molecule has 9 heteroatoms. The van der Waals surface area contributed by atoms with E-state index in [1.165, 1.54) is 12.1 Å². The first-order chi connectivity index (χ1) is 16.0. The molecule has 1 saturated heterocycles. The third-order valence-corrected chi connectivity index (χ3v) is 6.35. The smallest absolute Gasteiger partial charge is 0.275 e. The minimum Gasteiger partial charge on any atom is -0.337 e. The van der Waals surface area contributed by atoms with Gasteiger partial charge in [-0.2, -0.15) is 10.4 Å². The monoisotopic (exact) mass is 462 g/mol. The van der Waals surface area contributed by atoms with Crippen LogP contribution in [0, 0.1) is 17.1 Å². The summed E-state index contributed by atoms with van der Waals surface area (Å²) in [6.45, 7) is 1.31. The van der Waals surface area contributed by atoms with Gasteiger partial charge in [-0.3, -0.25) is 14.0 Å². The van der Waals surface area contributed by atoms with E-state index >= 15 is 0 Å². The van der Waals surface area contributed by atoms with Crippen molar-refractivity contribution in [2.75, 3.05) is 13.1 Å². The fourth-order valence-corrected chi connectivity index (χ4v) is 4.55. The molecule has 5 rings (SSSR count). The van der Waals surface area contributed by atoms with E-state index in [0.29, 0.717) is 30.2 Å². The predicted molar refractivity (Wildman–Crippen MR) is 123 cm³/mol. The van der Waals surface area contributed by atoms with Crippen molar-refractivity contribution in [3.05, 3.63) is 64.8 Å². The number of fused-ring (bicyclic) bond motifs is 1. The van der Waals surface area contributed by atoms with E-state index in [4.69, 9.17) is 16.9 Å². The number of rotatable bonds is 3. The lowest BCUT2D eigenvalue weighted by Crippen LogP contribution is -2.36. The number of amides is 1. The summed E-state index contributed by atoms with van der Waals surface area (Å²) in [5.41, 5.74) is 2.09. The van der Waals surface area contributed by atoms with Gasteiger partial charge in [-0.1, -0.05) is 11.6 Å². The summed E-state index contributed by atoms with van der Waals surface area (Å²) in [5, 5.41) is 14.4. The largest absolute Gasteiger partial charge is 0.337 e. The fourth-order valence-electron chi connectivity index (χ4n) is 4.25. The Hall–Kier alpha value is -3.70. The quantitative estimate of drug-likeness (QED) is 0.441. The normalized spacial score (nSPS) is 13.9. The second-order valence-electron chi connectivity index (χ2n) is 8.08. The standard InChI is InChI=1S/C24H20ClFN6O/c1-30-20-8-7-18(11-17(20)14-28-30)32-22(25)21(24(33)31-9-3-2-4-10-31)29-23(32)15-5-6-16(13-27)19(26)12-15/h5-8,11-12,14H,2-4,9-10H2,1H3. The molecular weight excluding hydrogens is 443 g/mol. The van der Waals surface area contributed by atoms with E-state index in [1.54, 1.807) is 26.4 Å². The number of benzene rings is 2. The molecule has 166 valence electrons. The first-order valence-corrected chi connectivity index (χ1v) is 11.1. The predicted octanol–water partition coefficient (Wildman–Crippen LogP) is 4.72. The SMILES string of the molecule is Cn1ncc2cc(-n3c(-c4ccc(C#N)c(F)c4)nc(C(=O)N4CCCCC4)c3Cl)ccc21. The number of halogens is 2. The number of carbonyl (C=O) groups is 1. The van der Waals surface area contributed by atoms with Crippen LogP contribution >= 0.6 is 11.6 Å². The number of imidazole rings is 1. The molecule has 33 heavy (non-hydrogen) atoms. The maximum atomic E-state index is 14.5. The van der Waals surface area contributed by atoms with Gasteiger partial charge in [-0.25, -0.2) is 9.37 Å². The fraction of sp³-hybridized carbons (Fsp3) is 0.250. The lowest BCUT2D eigenvalue weighted by molar-refractivity contribution is 0.0719. The van der Waals surface area contributed by atoms with Crippen molar-refractivity contribution >= 4 is 28.4 Å². The zero-order valence-corrected chi connectivity index (χ0v) is 18.7. The van der Waals surface area contributed by atoms with Gasteiger partial charge < -0.3 is 4.90 Å². The zero-order chi connectivity index (χ0) is 23.1. The average Bonchev–Trinajstić information content (AvgIpc) is 3.38. The highest BCUT2D eigenvalue weighted by Crippen LogP contribution is 2.33. The number of likely N-dealkylation sites (tertiary alicyclic amines) is 1. The lowest BCUT2D eigenvalue weighted by Gasteiger charge is -2.26. The van der Waals surface area contributed by atoms with Gasteiger partial charge in [-0.15, -0.1) is 0 Å². The van der Waals surface area contributed by atoms with Crippen molar-refractivity contribution in [3.8, 4) is 23.1 Å². The number of carbonyl (C=O) groups excluding carboxylic acids is 1. The minimum absolute atomic E-state index is 0.0654. The van der Waals surface area contributed by atoms with Crippen molar-refractivity contribution in [3.63, 3.8) is 0 Å². The Balaban J connectivity index is 1.69. The molecule has 1 amide bonds. The van der Waals surface area contributed by atoms with Gasteiger partial charge in [0.15, 0.2) is 5.69 Å². The Labute approximate surface area is 194 Å². The maximum absolute atomic E-state index is 14.5. The number of hydrogen-bond donors (Lipinski definition) is 0. The number of aryl methyl sites for hydroxylation is 1. The molecule has 1 fully saturated rings. The van der Waals surface area contributed by atoms with Crippen LogP contribution in [0.3, 0.4) is 0 Å². The molecule has 0 saturated carbocycles. The van der Waals surface area contributed by atoms with E-state index in [1.807, 2.05) is 31.3 Å². The van der Waals surface area contributed by atoms with Gasteiger partial charge in [-0.05, 0) is 55.7 Å². The molecule has 1 aliphatic rings. The molecular formula is C24H20ClFN6O. The number of aromatic nitrogens is 4. The first kappa shape index (κ1) is 21.2. The maximum Gasteiger partial charge on any atom is 0.275 e. The van der Waals surface area contributed by atoms with Crippen LogP contribution in [0.1, 0.15) is 35.3 Å². The number of hydrogen-bond acceptors (Lipinski definition) is 4. The summed E-state index contributed by atoms with van der Waals surface area (Å²) in [6.07, 6.45) is 4.71. The molecule has 0 spiro atoms. The van der Waals surface area contributed by atoms with Gasteiger partial charge in [0.1, 0.15) is 22.9 Å². The van der Waals surface area contributed by atoms with Crippen molar-refractivity contribution in [1.82, 2.24) is 24.2 Å². The van der Waals surface area contributed by atoms with Crippen molar-refractivity contribution in [2.45, 2.75) is 19.3 Å². The molecule has 4 aromatic rings.